The molecule has 0 aliphatic carbocycles. The second-order valence-corrected chi connectivity index (χ2v) is 3.54. The summed E-state index contributed by atoms with van der Waals surface area (Å²) < 4.78 is 0. The van der Waals surface area contributed by atoms with E-state index < -0.39 is 17.8 Å². The highest BCUT2D eigenvalue weighted by Crippen LogP contribution is 2.12. The predicted octanol–water partition coefficient (Wildman–Crippen LogP) is -1.12. The molecule has 0 aromatic heterocycles. The molecule has 6 nitrogen and oxygen atoms in total. The van der Waals surface area contributed by atoms with E-state index in [1.165, 1.54) is 0 Å². The van der Waals surface area contributed by atoms with Gasteiger partial charge in [0.2, 0.25) is 5.91 Å². The standard InChI is InChI=1S/C9H19N3O3/c10-4-6(8(12)13)2-1-3-7(5-11)9(14)15/h6-7H,1-5,10-11H2,(H2,12,13)(H,14,15). The van der Waals surface area contributed by atoms with E-state index in [2.05, 4.69) is 0 Å². The Labute approximate surface area is 88.8 Å². The van der Waals surface area contributed by atoms with Crippen molar-refractivity contribution in [1.82, 2.24) is 0 Å². The minimum absolute atomic E-state index is 0.110. The van der Waals surface area contributed by atoms with Crippen LogP contribution in [-0.2, 0) is 9.59 Å². The largest absolute Gasteiger partial charge is 0.481 e. The van der Waals surface area contributed by atoms with Crippen molar-refractivity contribution in [3.05, 3.63) is 0 Å². The van der Waals surface area contributed by atoms with Gasteiger partial charge >= 0.3 is 5.97 Å². The molecule has 0 aliphatic heterocycles. The number of hydrogen-bond acceptors (Lipinski definition) is 4. The molecule has 2 atom stereocenters. The Bertz CT molecular complexity index is 199. The molecule has 0 aromatic carbocycles. The van der Waals surface area contributed by atoms with Crippen LogP contribution in [0.5, 0.6) is 0 Å². The lowest BCUT2D eigenvalue weighted by Gasteiger charge is -2.12. The van der Waals surface area contributed by atoms with E-state index in [1.807, 2.05) is 0 Å². The molecule has 0 spiro atoms. The molecule has 6 heteroatoms. The fraction of sp³-hybridized carbons (Fsp3) is 0.778. The van der Waals surface area contributed by atoms with Gasteiger partial charge < -0.3 is 22.3 Å². The Kier molecular flexibility index (Phi) is 6.64. The van der Waals surface area contributed by atoms with Crippen molar-refractivity contribution in [3.8, 4) is 0 Å². The van der Waals surface area contributed by atoms with Gasteiger partial charge in [-0.05, 0) is 12.8 Å². The van der Waals surface area contributed by atoms with Gasteiger partial charge in [0.05, 0.1) is 5.92 Å². The van der Waals surface area contributed by atoms with E-state index in [1.54, 1.807) is 0 Å². The number of carbonyl (C=O) groups excluding carboxylic acids is 1. The molecule has 7 N–H and O–H groups in total. The third kappa shape index (κ3) is 5.34. The topological polar surface area (TPSA) is 132 Å². The number of nitrogens with two attached hydrogens (primary N) is 3. The lowest BCUT2D eigenvalue weighted by atomic mass is 9.96. The highest BCUT2D eigenvalue weighted by Gasteiger charge is 2.17. The molecule has 0 saturated heterocycles. The molecule has 0 aromatic rings. The quantitative estimate of drug-likeness (QED) is 0.408. The van der Waals surface area contributed by atoms with Crippen molar-refractivity contribution in [2.24, 2.45) is 29.0 Å². The van der Waals surface area contributed by atoms with Crippen LogP contribution in [0.2, 0.25) is 0 Å². The number of aliphatic carboxylic acids is 1. The zero-order valence-electron chi connectivity index (χ0n) is 8.69. The maximum atomic E-state index is 10.8. The Balaban J connectivity index is 3.85. The Morgan fingerprint density at radius 1 is 1.07 bits per heavy atom. The third-order valence-electron chi connectivity index (χ3n) is 2.43. The van der Waals surface area contributed by atoms with Gasteiger partial charge in [0.1, 0.15) is 0 Å². The van der Waals surface area contributed by atoms with Crippen LogP contribution in [0.25, 0.3) is 0 Å². The number of hydrogen-bond donors (Lipinski definition) is 4. The zero-order chi connectivity index (χ0) is 11.8. The second kappa shape index (κ2) is 7.19. The van der Waals surface area contributed by atoms with Crippen LogP contribution in [-0.4, -0.2) is 30.1 Å². The van der Waals surface area contributed by atoms with Gasteiger partial charge in [-0.15, -0.1) is 0 Å². The highest BCUT2D eigenvalue weighted by atomic mass is 16.4. The Hall–Kier alpha value is -1.14. The van der Waals surface area contributed by atoms with Gasteiger partial charge in [-0.3, -0.25) is 9.59 Å². The first-order chi connectivity index (χ1) is 7.02. The van der Waals surface area contributed by atoms with Crippen LogP contribution in [0, 0.1) is 11.8 Å². The monoisotopic (exact) mass is 217 g/mol. The summed E-state index contributed by atoms with van der Waals surface area (Å²) >= 11 is 0. The molecule has 0 aliphatic rings. The van der Waals surface area contributed by atoms with Crippen molar-refractivity contribution < 1.29 is 14.7 Å². The predicted molar refractivity (Wildman–Crippen MR) is 55.8 cm³/mol. The fourth-order valence-electron chi connectivity index (χ4n) is 1.33. The van der Waals surface area contributed by atoms with Gasteiger partial charge in [0.25, 0.3) is 0 Å². The van der Waals surface area contributed by atoms with Crippen molar-refractivity contribution in [3.63, 3.8) is 0 Å². The van der Waals surface area contributed by atoms with Gasteiger partial charge in [0, 0.05) is 19.0 Å². The molecule has 0 bridgehead atoms. The minimum Gasteiger partial charge on any atom is -0.481 e. The Morgan fingerprint density at radius 3 is 1.87 bits per heavy atom. The molecule has 0 fully saturated rings. The Morgan fingerprint density at radius 2 is 1.53 bits per heavy atom. The van der Waals surface area contributed by atoms with E-state index in [9.17, 15) is 9.59 Å². The summed E-state index contributed by atoms with van der Waals surface area (Å²) in [5.41, 5.74) is 15.7. The van der Waals surface area contributed by atoms with Crippen LogP contribution >= 0.6 is 0 Å². The molecule has 0 saturated carbocycles. The van der Waals surface area contributed by atoms with Crippen molar-refractivity contribution in [2.75, 3.05) is 13.1 Å². The molecule has 0 rings (SSSR count). The van der Waals surface area contributed by atoms with Crippen LogP contribution in [0.4, 0.5) is 0 Å². The summed E-state index contributed by atoms with van der Waals surface area (Å²) in [6.45, 7) is 0.314. The first-order valence-corrected chi connectivity index (χ1v) is 4.95. The smallest absolute Gasteiger partial charge is 0.307 e. The van der Waals surface area contributed by atoms with E-state index >= 15 is 0 Å². The molecule has 2 unspecified atom stereocenters. The van der Waals surface area contributed by atoms with E-state index in [0.717, 1.165) is 0 Å². The maximum absolute atomic E-state index is 10.8. The summed E-state index contributed by atoms with van der Waals surface area (Å²) in [5, 5.41) is 8.71. The highest BCUT2D eigenvalue weighted by molar-refractivity contribution is 5.76. The van der Waals surface area contributed by atoms with Gasteiger partial charge in [-0.1, -0.05) is 6.42 Å². The van der Waals surface area contributed by atoms with Crippen LogP contribution < -0.4 is 17.2 Å². The van der Waals surface area contributed by atoms with Gasteiger partial charge in [-0.25, -0.2) is 0 Å². The summed E-state index contributed by atoms with van der Waals surface area (Å²) in [5.74, 6) is -2.24. The maximum Gasteiger partial charge on any atom is 0.307 e. The summed E-state index contributed by atoms with van der Waals surface area (Å²) in [7, 11) is 0. The number of carbonyl (C=O) groups is 2. The number of rotatable bonds is 8. The van der Waals surface area contributed by atoms with E-state index in [0.29, 0.717) is 19.3 Å². The van der Waals surface area contributed by atoms with Crippen molar-refractivity contribution in [2.45, 2.75) is 19.3 Å². The molecule has 15 heavy (non-hydrogen) atoms. The zero-order valence-corrected chi connectivity index (χ0v) is 8.69. The van der Waals surface area contributed by atoms with Crippen LogP contribution in [0.3, 0.4) is 0 Å². The van der Waals surface area contributed by atoms with E-state index in [4.69, 9.17) is 22.3 Å². The second-order valence-electron chi connectivity index (χ2n) is 3.54. The third-order valence-corrected chi connectivity index (χ3v) is 2.43. The van der Waals surface area contributed by atoms with Crippen LogP contribution in [0.15, 0.2) is 0 Å². The number of carboxylic acid groups (broad SMARTS) is 1. The normalized spacial score (nSPS) is 14.5. The molecule has 0 heterocycles. The fourth-order valence-corrected chi connectivity index (χ4v) is 1.33. The van der Waals surface area contributed by atoms with Crippen molar-refractivity contribution in [1.29, 1.82) is 0 Å². The number of primary amides is 1. The molecule has 0 radical (unpaired) electrons. The summed E-state index contributed by atoms with van der Waals surface area (Å²) in [6.07, 6.45) is 1.57. The first kappa shape index (κ1) is 13.9. The van der Waals surface area contributed by atoms with E-state index in [-0.39, 0.29) is 19.0 Å². The van der Waals surface area contributed by atoms with Crippen LogP contribution in [0.1, 0.15) is 19.3 Å². The van der Waals surface area contributed by atoms with Gasteiger partial charge in [-0.2, -0.15) is 0 Å². The average molecular weight is 217 g/mol. The van der Waals surface area contributed by atoms with Crippen molar-refractivity contribution >= 4 is 11.9 Å². The lowest BCUT2D eigenvalue weighted by molar-refractivity contribution is -0.141. The number of amides is 1. The molecule has 88 valence electrons. The van der Waals surface area contributed by atoms with Gasteiger partial charge in [0.15, 0.2) is 0 Å². The lowest BCUT2D eigenvalue weighted by Crippen LogP contribution is -2.30. The molecule has 1 amide bonds. The molecular weight excluding hydrogens is 198 g/mol. The minimum atomic E-state index is -0.902. The number of carboxylic acids is 1. The average Bonchev–Trinajstić information content (AvgIpc) is 2.17. The molecular formula is C9H19N3O3. The summed E-state index contributed by atoms with van der Waals surface area (Å²) in [4.78, 5) is 21.4. The first-order valence-electron chi connectivity index (χ1n) is 4.95. The SMILES string of the molecule is NCC(CCCC(CN)C(=O)O)C(N)=O. The summed E-state index contributed by atoms with van der Waals surface area (Å²) in [6, 6.07) is 0.